The van der Waals surface area contributed by atoms with Crippen molar-refractivity contribution in [2.75, 3.05) is 25.6 Å². The number of fused-ring (bicyclic) bond motifs is 1. The Hall–Kier alpha value is -2.67. The van der Waals surface area contributed by atoms with Gasteiger partial charge in [-0.15, -0.1) is 0 Å². The van der Waals surface area contributed by atoms with Gasteiger partial charge in [-0.05, 0) is 30.7 Å². The zero-order valence-corrected chi connectivity index (χ0v) is 13.2. The van der Waals surface area contributed by atoms with Gasteiger partial charge in [-0.2, -0.15) is 4.98 Å². The van der Waals surface area contributed by atoms with Gasteiger partial charge in [0.1, 0.15) is 17.0 Å². The largest absolute Gasteiger partial charge is 0.497 e. The average molecular weight is 313 g/mol. The van der Waals surface area contributed by atoms with Crippen molar-refractivity contribution in [1.29, 1.82) is 0 Å². The molecule has 0 fully saturated rings. The molecule has 120 valence electrons. The Bertz CT molecular complexity index is 798. The number of hydrogen-bond donors (Lipinski definition) is 2. The zero-order valence-electron chi connectivity index (χ0n) is 13.2. The van der Waals surface area contributed by atoms with Crippen molar-refractivity contribution in [2.24, 2.45) is 7.05 Å². The molecule has 0 saturated heterocycles. The van der Waals surface area contributed by atoms with Crippen molar-refractivity contribution in [2.45, 2.75) is 6.42 Å². The molecule has 0 bridgehead atoms. The number of aromatic nitrogens is 4. The first-order valence-corrected chi connectivity index (χ1v) is 7.41. The number of nitrogens with zero attached hydrogens (tertiary/aromatic N) is 4. The van der Waals surface area contributed by atoms with Crippen LogP contribution in [0.3, 0.4) is 0 Å². The highest BCUT2D eigenvalue weighted by molar-refractivity contribution is 5.88. The van der Waals surface area contributed by atoms with Crippen molar-refractivity contribution >= 4 is 17.1 Å². The minimum atomic E-state index is 0.131. The number of aliphatic hydroxyl groups excluding tert-OH is 1. The predicted molar refractivity (Wildman–Crippen MR) is 88.5 cm³/mol. The van der Waals surface area contributed by atoms with Crippen LogP contribution in [0.1, 0.15) is 6.42 Å². The highest BCUT2D eigenvalue weighted by atomic mass is 16.5. The summed E-state index contributed by atoms with van der Waals surface area (Å²) in [5.74, 6) is 1.32. The van der Waals surface area contributed by atoms with Crippen LogP contribution in [0, 0.1) is 0 Å². The highest BCUT2D eigenvalue weighted by Crippen LogP contribution is 2.27. The fourth-order valence-corrected chi connectivity index (χ4v) is 2.32. The summed E-state index contributed by atoms with van der Waals surface area (Å²) in [4.78, 5) is 13.5. The van der Waals surface area contributed by atoms with Gasteiger partial charge in [0, 0.05) is 25.8 Å². The maximum Gasteiger partial charge on any atom is 0.225 e. The molecule has 0 amide bonds. The van der Waals surface area contributed by atoms with Crippen molar-refractivity contribution in [3.05, 3.63) is 30.6 Å². The molecule has 2 aromatic heterocycles. The molecule has 23 heavy (non-hydrogen) atoms. The van der Waals surface area contributed by atoms with E-state index in [9.17, 15) is 0 Å². The minimum Gasteiger partial charge on any atom is -0.497 e. The van der Waals surface area contributed by atoms with Gasteiger partial charge in [0.2, 0.25) is 5.95 Å². The van der Waals surface area contributed by atoms with E-state index in [0.29, 0.717) is 18.9 Å². The third kappa shape index (κ3) is 3.09. The van der Waals surface area contributed by atoms with Gasteiger partial charge in [0.25, 0.3) is 0 Å². The number of rotatable bonds is 6. The number of nitrogens with one attached hydrogen (secondary N) is 1. The number of aliphatic hydroxyl groups is 1. The lowest BCUT2D eigenvalue weighted by Crippen LogP contribution is -2.08. The van der Waals surface area contributed by atoms with E-state index in [1.807, 2.05) is 35.9 Å². The normalized spacial score (nSPS) is 10.9. The lowest BCUT2D eigenvalue weighted by Gasteiger charge is -2.08. The average Bonchev–Trinajstić information content (AvgIpc) is 2.96. The fourth-order valence-electron chi connectivity index (χ4n) is 2.32. The standard InChI is InChI=1S/C16H19N5O2/c1-21-10-18-14-13(11-4-6-12(23-2)7-5-11)19-16(20-15(14)21)17-8-3-9-22/h4-7,10,22H,3,8-9H2,1-2H3,(H,17,19,20). The Balaban J connectivity index is 2.05. The first-order chi connectivity index (χ1) is 11.2. The number of methoxy groups -OCH3 is 1. The third-order valence-electron chi connectivity index (χ3n) is 3.54. The van der Waals surface area contributed by atoms with Gasteiger partial charge in [-0.25, -0.2) is 9.97 Å². The maximum absolute atomic E-state index is 8.90. The number of benzene rings is 1. The summed E-state index contributed by atoms with van der Waals surface area (Å²) < 4.78 is 7.06. The lowest BCUT2D eigenvalue weighted by atomic mass is 10.1. The fraction of sp³-hybridized carbons (Fsp3) is 0.312. The molecule has 0 radical (unpaired) electrons. The number of aryl methyl sites for hydroxylation is 1. The van der Waals surface area contributed by atoms with Gasteiger partial charge in [-0.1, -0.05) is 0 Å². The molecule has 0 aliphatic rings. The second-order valence-corrected chi connectivity index (χ2v) is 5.16. The van der Waals surface area contributed by atoms with E-state index >= 15 is 0 Å². The Kier molecular flexibility index (Phi) is 4.38. The maximum atomic E-state index is 8.90. The van der Waals surface area contributed by atoms with Crippen LogP contribution in [0.5, 0.6) is 5.75 Å². The molecule has 2 N–H and O–H groups in total. The molecule has 1 aromatic carbocycles. The third-order valence-corrected chi connectivity index (χ3v) is 3.54. The Morgan fingerprint density at radius 1 is 1.22 bits per heavy atom. The molecule has 3 rings (SSSR count). The summed E-state index contributed by atoms with van der Waals surface area (Å²) in [6, 6.07) is 7.69. The minimum absolute atomic E-state index is 0.131. The molecule has 0 aliphatic heterocycles. The molecule has 0 aliphatic carbocycles. The van der Waals surface area contributed by atoms with E-state index in [1.165, 1.54) is 0 Å². The first kappa shape index (κ1) is 15.2. The van der Waals surface area contributed by atoms with Crippen LogP contribution in [0.25, 0.3) is 22.4 Å². The summed E-state index contributed by atoms with van der Waals surface area (Å²) in [7, 11) is 3.54. The molecule has 0 unspecified atom stereocenters. The van der Waals surface area contributed by atoms with Gasteiger partial charge >= 0.3 is 0 Å². The van der Waals surface area contributed by atoms with Crippen LogP contribution in [0.15, 0.2) is 30.6 Å². The Labute approximate surface area is 134 Å². The topological polar surface area (TPSA) is 85.1 Å². The van der Waals surface area contributed by atoms with Crippen LogP contribution in [0.2, 0.25) is 0 Å². The summed E-state index contributed by atoms with van der Waals surface area (Å²) in [6.45, 7) is 0.744. The summed E-state index contributed by atoms with van der Waals surface area (Å²) in [6.07, 6.45) is 2.37. The second kappa shape index (κ2) is 6.62. The monoisotopic (exact) mass is 313 g/mol. The molecule has 3 aromatic rings. The van der Waals surface area contributed by atoms with Gasteiger partial charge in [-0.3, -0.25) is 0 Å². The predicted octanol–water partition coefficient (Wildman–Crippen LogP) is 1.83. The van der Waals surface area contributed by atoms with Crippen LogP contribution in [-0.4, -0.2) is 44.9 Å². The Morgan fingerprint density at radius 3 is 2.70 bits per heavy atom. The van der Waals surface area contributed by atoms with E-state index < -0.39 is 0 Å². The molecular weight excluding hydrogens is 294 g/mol. The smallest absolute Gasteiger partial charge is 0.225 e. The molecule has 0 spiro atoms. The van der Waals surface area contributed by atoms with E-state index in [1.54, 1.807) is 13.4 Å². The number of anilines is 1. The molecule has 0 saturated carbocycles. The SMILES string of the molecule is COc1ccc(-c2nc(NCCCO)nc3c2ncn3C)cc1. The molecule has 7 nitrogen and oxygen atoms in total. The Morgan fingerprint density at radius 2 is 2.00 bits per heavy atom. The molecule has 0 atom stereocenters. The van der Waals surface area contributed by atoms with E-state index in [2.05, 4.69) is 20.3 Å². The number of ether oxygens (including phenoxy) is 1. The van der Waals surface area contributed by atoms with Gasteiger partial charge in [0.05, 0.1) is 13.4 Å². The van der Waals surface area contributed by atoms with Crippen LogP contribution in [-0.2, 0) is 7.05 Å². The second-order valence-electron chi connectivity index (χ2n) is 5.16. The van der Waals surface area contributed by atoms with E-state index in [0.717, 1.165) is 28.2 Å². The van der Waals surface area contributed by atoms with Crippen LogP contribution < -0.4 is 10.1 Å². The zero-order chi connectivity index (χ0) is 16.2. The number of imidazole rings is 1. The lowest BCUT2D eigenvalue weighted by molar-refractivity contribution is 0.292. The summed E-state index contributed by atoms with van der Waals surface area (Å²) in [5, 5.41) is 12.0. The molecule has 7 heteroatoms. The highest BCUT2D eigenvalue weighted by Gasteiger charge is 2.13. The van der Waals surface area contributed by atoms with E-state index in [-0.39, 0.29) is 6.61 Å². The van der Waals surface area contributed by atoms with Gasteiger partial charge < -0.3 is 19.7 Å². The summed E-state index contributed by atoms with van der Waals surface area (Å²) in [5.41, 5.74) is 3.23. The van der Waals surface area contributed by atoms with Crippen LogP contribution in [0.4, 0.5) is 5.95 Å². The van der Waals surface area contributed by atoms with Crippen molar-refractivity contribution in [3.63, 3.8) is 0 Å². The van der Waals surface area contributed by atoms with Crippen molar-refractivity contribution in [1.82, 2.24) is 19.5 Å². The molecular formula is C16H19N5O2. The van der Waals surface area contributed by atoms with Gasteiger partial charge in [0.15, 0.2) is 5.65 Å². The number of hydrogen-bond acceptors (Lipinski definition) is 6. The molecule has 2 heterocycles. The quantitative estimate of drug-likeness (QED) is 0.675. The summed E-state index contributed by atoms with van der Waals surface area (Å²) >= 11 is 0. The van der Waals surface area contributed by atoms with E-state index in [4.69, 9.17) is 9.84 Å². The first-order valence-electron chi connectivity index (χ1n) is 7.41. The van der Waals surface area contributed by atoms with Crippen LogP contribution >= 0.6 is 0 Å². The van der Waals surface area contributed by atoms with Crippen molar-refractivity contribution < 1.29 is 9.84 Å². The van der Waals surface area contributed by atoms with Crippen molar-refractivity contribution in [3.8, 4) is 17.0 Å².